The van der Waals surface area contributed by atoms with E-state index in [1.54, 1.807) is 29.3 Å². The zero-order valence-corrected chi connectivity index (χ0v) is 20.1. The van der Waals surface area contributed by atoms with Crippen molar-refractivity contribution in [2.24, 2.45) is 4.99 Å². The Morgan fingerprint density at radius 2 is 2.12 bits per heavy atom. The van der Waals surface area contributed by atoms with E-state index in [9.17, 15) is 10.1 Å². The Kier molecular flexibility index (Phi) is 7.44. The van der Waals surface area contributed by atoms with E-state index in [1.165, 1.54) is 0 Å². The molecule has 3 N–H and O–H groups in total. The number of rotatable bonds is 7. The lowest BCUT2D eigenvalue weighted by atomic mass is 10.1. The van der Waals surface area contributed by atoms with Gasteiger partial charge in [0.05, 0.1) is 28.0 Å². The molecule has 0 saturated heterocycles. The number of thioether (sulfide) groups is 1. The molecule has 3 heterocycles. The molecule has 0 radical (unpaired) electrons. The van der Waals surface area contributed by atoms with Gasteiger partial charge in [0.15, 0.2) is 5.17 Å². The molecule has 170 valence electrons. The number of urea groups is 1. The van der Waals surface area contributed by atoms with Crippen molar-refractivity contribution >= 4 is 55.9 Å². The second kappa shape index (κ2) is 10.7. The highest BCUT2D eigenvalue weighted by atomic mass is 32.2. The van der Waals surface area contributed by atoms with Crippen LogP contribution in [0.15, 0.2) is 46.9 Å². The summed E-state index contributed by atoms with van der Waals surface area (Å²) in [4.78, 5) is 23.4. The molecule has 8 nitrogen and oxygen atoms in total. The number of para-hydroxylation sites is 1. The van der Waals surface area contributed by atoms with Gasteiger partial charge in [0.25, 0.3) is 0 Å². The molecule has 1 aliphatic rings. The lowest BCUT2D eigenvalue weighted by Crippen LogP contribution is -2.32. The average Bonchev–Trinajstić information content (AvgIpc) is 3.44. The van der Waals surface area contributed by atoms with E-state index < -0.39 is 0 Å². The third-order valence-corrected chi connectivity index (χ3v) is 7.15. The lowest BCUT2D eigenvalue weighted by molar-refractivity contribution is 0.256. The van der Waals surface area contributed by atoms with Crippen LogP contribution in [0.4, 0.5) is 16.2 Å². The van der Waals surface area contributed by atoms with Crippen LogP contribution in [0.3, 0.4) is 0 Å². The minimum Gasteiger partial charge on any atom is -0.383 e. The Labute approximate surface area is 201 Å². The van der Waals surface area contributed by atoms with E-state index in [4.69, 9.17) is 0 Å². The number of thiophene rings is 1. The van der Waals surface area contributed by atoms with Crippen molar-refractivity contribution in [1.82, 2.24) is 15.2 Å². The molecule has 3 aromatic rings. The van der Waals surface area contributed by atoms with E-state index in [1.807, 2.05) is 49.8 Å². The van der Waals surface area contributed by atoms with Crippen LogP contribution in [0.2, 0.25) is 0 Å². The van der Waals surface area contributed by atoms with Crippen LogP contribution in [0.25, 0.3) is 10.2 Å². The number of carbonyl (C=O) groups excluding carboxylic acids is 1. The van der Waals surface area contributed by atoms with Gasteiger partial charge in [-0.15, -0.1) is 11.3 Å². The molecular weight excluding hydrogens is 454 g/mol. The first-order valence-electron chi connectivity index (χ1n) is 10.6. The Balaban J connectivity index is 1.26. The van der Waals surface area contributed by atoms with Crippen molar-refractivity contribution in [1.29, 1.82) is 5.26 Å². The summed E-state index contributed by atoms with van der Waals surface area (Å²) in [6.45, 7) is 2.09. The molecule has 0 bridgehead atoms. The fraction of sp³-hybridized carbons (Fsp3) is 0.304. The van der Waals surface area contributed by atoms with E-state index >= 15 is 0 Å². The smallest absolute Gasteiger partial charge is 0.325 e. The van der Waals surface area contributed by atoms with Gasteiger partial charge in [-0.2, -0.15) is 5.26 Å². The van der Waals surface area contributed by atoms with Gasteiger partial charge in [-0.05, 0) is 43.6 Å². The van der Waals surface area contributed by atoms with E-state index in [0.29, 0.717) is 23.8 Å². The number of hydrogen-bond donors (Lipinski definition) is 3. The zero-order valence-electron chi connectivity index (χ0n) is 18.5. The zero-order chi connectivity index (χ0) is 23.2. The number of amidine groups is 1. The number of nitriles is 1. The average molecular weight is 480 g/mol. The molecule has 0 spiro atoms. The van der Waals surface area contributed by atoms with E-state index in [2.05, 4.69) is 36.9 Å². The number of hydrogen-bond acceptors (Lipinski definition) is 8. The Bertz CT molecular complexity index is 1210. The first kappa shape index (κ1) is 23.0. The largest absolute Gasteiger partial charge is 0.383 e. The van der Waals surface area contributed by atoms with Crippen LogP contribution in [0.5, 0.6) is 0 Å². The normalized spacial score (nSPS) is 15.3. The monoisotopic (exact) mass is 479 g/mol. The van der Waals surface area contributed by atoms with Crippen LogP contribution in [-0.2, 0) is 6.54 Å². The number of nitrogens with one attached hydrogen (secondary N) is 3. The number of carbonyl (C=O) groups is 1. The van der Waals surface area contributed by atoms with Crippen LogP contribution < -0.4 is 16.0 Å². The summed E-state index contributed by atoms with van der Waals surface area (Å²) in [5.74, 6) is 0. The highest BCUT2D eigenvalue weighted by Gasteiger charge is 2.21. The van der Waals surface area contributed by atoms with Gasteiger partial charge >= 0.3 is 6.03 Å². The van der Waals surface area contributed by atoms with Crippen LogP contribution >= 0.6 is 23.1 Å². The van der Waals surface area contributed by atoms with Crippen molar-refractivity contribution < 1.29 is 4.79 Å². The fourth-order valence-corrected chi connectivity index (χ4v) is 5.41. The SMILES string of the molecule is CN(C)Cc1ccccc1NC(=O)NC1=NCC(CCNc2c(C#N)cnc3ccsc23)S1. The Hall–Kier alpha value is -3.13. The van der Waals surface area contributed by atoms with Gasteiger partial charge in [0.2, 0.25) is 0 Å². The molecule has 33 heavy (non-hydrogen) atoms. The van der Waals surface area contributed by atoms with Gasteiger partial charge in [0, 0.05) is 30.2 Å². The molecule has 2 aromatic heterocycles. The van der Waals surface area contributed by atoms with E-state index in [0.717, 1.165) is 40.1 Å². The molecule has 0 saturated carbocycles. The summed E-state index contributed by atoms with van der Waals surface area (Å²) in [6, 6.07) is 11.7. The summed E-state index contributed by atoms with van der Waals surface area (Å²) >= 11 is 3.15. The molecule has 0 fully saturated rings. The third-order valence-electron chi connectivity index (χ3n) is 5.05. The first-order chi connectivity index (χ1) is 16.0. The number of aromatic nitrogens is 1. The van der Waals surface area contributed by atoms with Crippen molar-refractivity contribution in [2.75, 3.05) is 37.8 Å². The summed E-state index contributed by atoms with van der Waals surface area (Å²) in [5.41, 5.74) is 4.13. The first-order valence-corrected chi connectivity index (χ1v) is 12.3. The summed E-state index contributed by atoms with van der Waals surface area (Å²) in [5, 5.41) is 21.5. The molecule has 1 aromatic carbocycles. The van der Waals surface area contributed by atoms with Gasteiger partial charge in [0.1, 0.15) is 6.07 Å². The number of benzene rings is 1. The van der Waals surface area contributed by atoms with Crippen molar-refractivity contribution in [3.63, 3.8) is 0 Å². The van der Waals surface area contributed by atoms with Crippen LogP contribution in [-0.4, -0.2) is 53.5 Å². The molecular formula is C23H25N7OS2. The van der Waals surface area contributed by atoms with E-state index in [-0.39, 0.29) is 11.3 Å². The number of amides is 2. The minimum atomic E-state index is -0.290. The molecule has 1 aliphatic heterocycles. The number of nitrogens with zero attached hydrogens (tertiary/aromatic N) is 4. The standard InChI is InChI=1S/C23H25N7OS2/c1-30(2)14-15-5-3-4-6-18(15)28-22(31)29-23-27-13-17(33-23)7-9-25-20-16(11-24)12-26-19-8-10-32-21(19)20/h3-6,8,10,12,17H,7,9,13-14H2,1-2H3,(H,25,26)(H2,27,28,29,31). The van der Waals surface area contributed by atoms with Gasteiger partial charge < -0.3 is 15.5 Å². The van der Waals surface area contributed by atoms with Gasteiger partial charge in [-0.25, -0.2) is 4.79 Å². The second-order valence-corrected chi connectivity index (χ2v) is 10.1. The van der Waals surface area contributed by atoms with Crippen molar-refractivity contribution in [3.05, 3.63) is 53.0 Å². The highest BCUT2D eigenvalue weighted by molar-refractivity contribution is 8.14. The van der Waals surface area contributed by atoms with Crippen LogP contribution in [0, 0.1) is 11.3 Å². The molecule has 1 unspecified atom stereocenters. The summed E-state index contributed by atoms with van der Waals surface area (Å²) in [6.07, 6.45) is 2.47. The number of anilines is 2. The highest BCUT2D eigenvalue weighted by Crippen LogP contribution is 2.30. The second-order valence-electron chi connectivity index (χ2n) is 7.87. The summed E-state index contributed by atoms with van der Waals surface area (Å²) < 4.78 is 0.998. The number of aliphatic imine (C=N–C) groups is 1. The van der Waals surface area contributed by atoms with Gasteiger partial charge in [-0.3, -0.25) is 15.3 Å². The Morgan fingerprint density at radius 1 is 1.27 bits per heavy atom. The maximum atomic E-state index is 12.5. The quantitative estimate of drug-likeness (QED) is 0.466. The van der Waals surface area contributed by atoms with Crippen LogP contribution in [0.1, 0.15) is 17.5 Å². The predicted molar refractivity (Wildman–Crippen MR) is 137 cm³/mol. The van der Waals surface area contributed by atoms with Crippen molar-refractivity contribution in [2.45, 2.75) is 18.2 Å². The summed E-state index contributed by atoms with van der Waals surface area (Å²) in [7, 11) is 3.99. The predicted octanol–water partition coefficient (Wildman–Crippen LogP) is 4.32. The Morgan fingerprint density at radius 3 is 2.94 bits per heavy atom. The van der Waals surface area contributed by atoms with Crippen molar-refractivity contribution in [3.8, 4) is 6.07 Å². The van der Waals surface area contributed by atoms with Gasteiger partial charge in [-0.1, -0.05) is 30.0 Å². The molecule has 10 heteroatoms. The molecule has 4 rings (SSSR count). The maximum Gasteiger partial charge on any atom is 0.325 e. The third kappa shape index (κ3) is 5.82. The molecule has 0 aliphatic carbocycles. The molecule has 1 atom stereocenters. The molecule has 2 amide bonds. The fourth-order valence-electron chi connectivity index (χ4n) is 3.54. The minimum absolute atomic E-state index is 0.264. The maximum absolute atomic E-state index is 12.5. The number of fused-ring (bicyclic) bond motifs is 1. The lowest BCUT2D eigenvalue weighted by Gasteiger charge is -2.15. The topological polar surface area (TPSA) is 105 Å². The number of pyridine rings is 1.